The molecule has 0 unspecified atom stereocenters. The molecular formula is C19H17F3N2O4S. The minimum atomic E-state index is -4.50. The number of carbonyl (C=O) groups is 1. The quantitative estimate of drug-likeness (QED) is 0.655. The molecule has 0 spiro atoms. The minimum Gasteiger partial charge on any atom is -0.477 e. The van der Waals surface area contributed by atoms with E-state index in [4.69, 9.17) is 0 Å². The summed E-state index contributed by atoms with van der Waals surface area (Å²) in [6, 6.07) is 9.03. The number of rotatable bonds is 6. The predicted molar refractivity (Wildman–Crippen MR) is 103 cm³/mol. The van der Waals surface area contributed by atoms with Gasteiger partial charge in [0, 0.05) is 13.1 Å². The van der Waals surface area contributed by atoms with Crippen LogP contribution in [0.2, 0.25) is 0 Å². The predicted octanol–water partition coefficient (Wildman–Crippen LogP) is 3.43. The topological polar surface area (TPSA) is 81.3 Å². The van der Waals surface area contributed by atoms with Crippen LogP contribution in [0.15, 0.2) is 39.9 Å². The van der Waals surface area contributed by atoms with Crippen molar-refractivity contribution in [2.45, 2.75) is 39.0 Å². The Balaban J connectivity index is 2.17. The molecule has 1 N–H and O–H groups in total. The first-order chi connectivity index (χ1) is 13.6. The zero-order valence-corrected chi connectivity index (χ0v) is 16.1. The van der Waals surface area contributed by atoms with E-state index in [1.54, 1.807) is 12.1 Å². The molecule has 6 nitrogen and oxygen atoms in total. The van der Waals surface area contributed by atoms with Crippen LogP contribution in [0.3, 0.4) is 0 Å². The van der Waals surface area contributed by atoms with E-state index >= 15 is 0 Å². The van der Waals surface area contributed by atoms with Gasteiger partial charge in [-0.05, 0) is 24.5 Å². The third kappa shape index (κ3) is 4.26. The van der Waals surface area contributed by atoms with Crippen molar-refractivity contribution in [1.29, 1.82) is 0 Å². The number of thiophene rings is 1. The Kier molecular flexibility index (Phi) is 5.65. The Morgan fingerprint density at radius 3 is 2.34 bits per heavy atom. The van der Waals surface area contributed by atoms with Gasteiger partial charge in [0.1, 0.15) is 9.71 Å². The Hall–Kier alpha value is -2.88. The van der Waals surface area contributed by atoms with Crippen molar-refractivity contribution in [3.8, 4) is 0 Å². The number of aromatic carboxylic acids is 1. The van der Waals surface area contributed by atoms with Gasteiger partial charge < -0.3 is 5.11 Å². The molecule has 0 fully saturated rings. The molecule has 3 aromatic rings. The number of hydrogen-bond donors (Lipinski definition) is 1. The van der Waals surface area contributed by atoms with E-state index in [-0.39, 0.29) is 27.2 Å². The van der Waals surface area contributed by atoms with Crippen molar-refractivity contribution in [2.75, 3.05) is 0 Å². The number of hydrogen-bond acceptors (Lipinski definition) is 4. The molecule has 0 radical (unpaired) electrons. The van der Waals surface area contributed by atoms with Crippen LogP contribution in [0.4, 0.5) is 13.2 Å². The molecule has 0 saturated heterocycles. The molecule has 0 aliphatic carbocycles. The maximum atomic E-state index is 12.9. The van der Waals surface area contributed by atoms with Crippen LogP contribution in [0.25, 0.3) is 10.2 Å². The van der Waals surface area contributed by atoms with Crippen LogP contribution in [0.1, 0.15) is 27.2 Å². The van der Waals surface area contributed by atoms with Gasteiger partial charge in [0.15, 0.2) is 0 Å². The Morgan fingerprint density at radius 2 is 1.76 bits per heavy atom. The minimum absolute atomic E-state index is 0.0257. The molecule has 29 heavy (non-hydrogen) atoms. The summed E-state index contributed by atoms with van der Waals surface area (Å²) in [6.45, 7) is 0.703. The van der Waals surface area contributed by atoms with Crippen molar-refractivity contribution in [3.05, 3.63) is 67.2 Å². The lowest BCUT2D eigenvalue weighted by Crippen LogP contribution is -2.40. The number of aryl methyl sites for hydroxylation is 3. The van der Waals surface area contributed by atoms with Gasteiger partial charge in [-0.3, -0.25) is 13.9 Å². The molecule has 0 bridgehead atoms. The average molecular weight is 426 g/mol. The molecule has 3 rings (SSSR count). The van der Waals surface area contributed by atoms with E-state index in [2.05, 4.69) is 0 Å². The van der Waals surface area contributed by atoms with Gasteiger partial charge in [0.25, 0.3) is 5.56 Å². The third-order valence-electron chi connectivity index (χ3n) is 4.57. The van der Waals surface area contributed by atoms with Gasteiger partial charge in [0.2, 0.25) is 0 Å². The molecule has 2 aromatic heterocycles. The van der Waals surface area contributed by atoms with Crippen molar-refractivity contribution in [2.24, 2.45) is 0 Å². The van der Waals surface area contributed by atoms with Crippen LogP contribution in [0, 0.1) is 6.92 Å². The van der Waals surface area contributed by atoms with Crippen molar-refractivity contribution in [3.63, 3.8) is 0 Å². The van der Waals surface area contributed by atoms with Gasteiger partial charge in [-0.1, -0.05) is 30.3 Å². The first kappa shape index (κ1) is 20.8. The van der Waals surface area contributed by atoms with Crippen LogP contribution >= 0.6 is 11.3 Å². The fourth-order valence-electron chi connectivity index (χ4n) is 3.12. The molecule has 1 aromatic carbocycles. The highest BCUT2D eigenvalue weighted by Crippen LogP contribution is 2.29. The molecule has 154 valence electrons. The maximum Gasteiger partial charge on any atom is 0.390 e. The highest BCUT2D eigenvalue weighted by atomic mass is 32.1. The number of carboxylic acids is 1. The second-order valence-electron chi connectivity index (χ2n) is 6.53. The summed E-state index contributed by atoms with van der Waals surface area (Å²) in [6.07, 6.45) is -5.44. The van der Waals surface area contributed by atoms with Crippen LogP contribution in [-0.4, -0.2) is 26.4 Å². The first-order valence-corrected chi connectivity index (χ1v) is 9.52. The van der Waals surface area contributed by atoms with Crippen LogP contribution in [0.5, 0.6) is 0 Å². The van der Waals surface area contributed by atoms with Gasteiger partial charge in [-0.2, -0.15) is 13.2 Å². The van der Waals surface area contributed by atoms with Gasteiger partial charge in [-0.15, -0.1) is 11.3 Å². The standard InChI is InChI=1S/C19H17F3N2O4S/c1-11-13-15(25)23(9-7-12-5-3-2-4-6-12)18(28)24(10-8-19(20,21)22)16(13)29-14(11)17(26)27/h2-6H,7-10H2,1H3,(H,26,27). The molecule has 2 heterocycles. The monoisotopic (exact) mass is 426 g/mol. The van der Waals surface area contributed by atoms with Crippen LogP contribution < -0.4 is 11.2 Å². The van der Waals surface area contributed by atoms with Gasteiger partial charge in [-0.25, -0.2) is 9.59 Å². The van der Waals surface area contributed by atoms with E-state index in [0.29, 0.717) is 17.8 Å². The third-order valence-corrected chi connectivity index (χ3v) is 5.88. The normalized spacial score (nSPS) is 11.9. The highest BCUT2D eigenvalue weighted by Gasteiger charge is 2.29. The summed E-state index contributed by atoms with van der Waals surface area (Å²) in [5.74, 6) is -1.30. The van der Waals surface area contributed by atoms with Crippen molar-refractivity contribution >= 4 is 27.5 Å². The summed E-state index contributed by atoms with van der Waals surface area (Å²) < 4.78 is 40.0. The number of alkyl halides is 3. The zero-order valence-electron chi connectivity index (χ0n) is 15.3. The number of aromatic nitrogens is 2. The number of carboxylic acid groups (broad SMARTS) is 1. The van der Waals surface area contributed by atoms with Crippen molar-refractivity contribution < 1.29 is 23.1 Å². The summed E-state index contributed by atoms with van der Waals surface area (Å²) in [5, 5.41) is 9.31. The zero-order chi connectivity index (χ0) is 21.3. The fraction of sp³-hybridized carbons (Fsp3) is 0.316. The lowest BCUT2D eigenvalue weighted by molar-refractivity contribution is -0.136. The molecule has 0 saturated carbocycles. The summed E-state index contributed by atoms with van der Waals surface area (Å²) >= 11 is 0.643. The van der Waals surface area contributed by atoms with Crippen LogP contribution in [-0.2, 0) is 19.5 Å². The first-order valence-electron chi connectivity index (χ1n) is 8.71. The second-order valence-corrected chi connectivity index (χ2v) is 7.53. The van der Waals surface area contributed by atoms with Gasteiger partial charge >= 0.3 is 17.8 Å². The van der Waals surface area contributed by atoms with E-state index in [0.717, 1.165) is 14.7 Å². The van der Waals surface area contributed by atoms with E-state index in [1.165, 1.54) is 6.92 Å². The largest absolute Gasteiger partial charge is 0.477 e. The number of fused-ring (bicyclic) bond motifs is 1. The summed E-state index contributed by atoms with van der Waals surface area (Å²) in [4.78, 5) is 37.0. The van der Waals surface area contributed by atoms with E-state index < -0.39 is 36.4 Å². The Morgan fingerprint density at radius 1 is 1.10 bits per heavy atom. The average Bonchev–Trinajstić information content (AvgIpc) is 2.99. The fourth-order valence-corrected chi connectivity index (χ4v) is 4.27. The summed E-state index contributed by atoms with van der Waals surface area (Å²) in [5.41, 5.74) is -0.558. The number of benzene rings is 1. The molecule has 0 amide bonds. The lowest BCUT2D eigenvalue weighted by atomic mass is 10.1. The highest BCUT2D eigenvalue weighted by molar-refractivity contribution is 7.20. The molecule has 10 heteroatoms. The number of halogens is 3. The lowest BCUT2D eigenvalue weighted by Gasteiger charge is -2.13. The summed E-state index contributed by atoms with van der Waals surface area (Å²) in [7, 11) is 0. The number of nitrogens with zero attached hydrogens (tertiary/aromatic N) is 2. The Bertz CT molecular complexity index is 1180. The second kappa shape index (κ2) is 7.86. The maximum absolute atomic E-state index is 12.9. The van der Waals surface area contributed by atoms with E-state index in [1.807, 2.05) is 18.2 Å². The molecular weight excluding hydrogens is 409 g/mol. The van der Waals surface area contributed by atoms with Crippen molar-refractivity contribution in [1.82, 2.24) is 9.13 Å². The Labute approximate surface area is 166 Å². The smallest absolute Gasteiger partial charge is 0.390 e. The SMILES string of the molecule is Cc1c(C(=O)O)sc2c1c(=O)n(CCc1ccccc1)c(=O)n2CCC(F)(F)F. The van der Waals surface area contributed by atoms with Gasteiger partial charge in [0.05, 0.1) is 11.8 Å². The molecule has 0 atom stereocenters. The van der Waals surface area contributed by atoms with E-state index in [9.17, 15) is 32.7 Å². The molecule has 0 aliphatic heterocycles. The molecule has 0 aliphatic rings.